The average Bonchev–Trinajstić information content (AvgIpc) is 2.26. The van der Waals surface area contributed by atoms with Crippen LogP contribution in [0.2, 0.25) is 0 Å². The monoisotopic (exact) mass is 211 g/mol. The van der Waals surface area contributed by atoms with Crippen molar-refractivity contribution in [3.63, 3.8) is 0 Å². The van der Waals surface area contributed by atoms with Gasteiger partial charge in [-0.25, -0.2) is 0 Å². The van der Waals surface area contributed by atoms with Crippen LogP contribution < -0.4 is 11.1 Å². The van der Waals surface area contributed by atoms with Crippen molar-refractivity contribution >= 4 is 5.91 Å². The molecular weight excluding hydrogens is 190 g/mol. The van der Waals surface area contributed by atoms with Crippen molar-refractivity contribution in [2.75, 3.05) is 13.1 Å². The maximum atomic E-state index is 11.9. The summed E-state index contributed by atoms with van der Waals surface area (Å²) >= 11 is 0. The van der Waals surface area contributed by atoms with E-state index in [1.165, 1.54) is 19.3 Å². The first kappa shape index (κ1) is 10.9. The molecule has 4 heteroatoms. The highest BCUT2D eigenvalue weighted by Gasteiger charge is 2.33. The third-order valence-electron chi connectivity index (χ3n) is 3.53. The second kappa shape index (κ2) is 4.49. The van der Waals surface area contributed by atoms with E-state index < -0.39 is 0 Å². The van der Waals surface area contributed by atoms with Gasteiger partial charge in [0, 0.05) is 25.2 Å². The summed E-state index contributed by atoms with van der Waals surface area (Å²) in [6.07, 6.45) is 4.42. The van der Waals surface area contributed by atoms with Crippen molar-refractivity contribution in [2.45, 2.75) is 50.7 Å². The lowest BCUT2D eigenvalue weighted by Gasteiger charge is -2.43. The summed E-state index contributed by atoms with van der Waals surface area (Å²) in [6, 6.07) is 0.708. The Balaban J connectivity index is 1.96. The Morgan fingerprint density at radius 2 is 2.07 bits per heavy atom. The summed E-state index contributed by atoms with van der Waals surface area (Å²) < 4.78 is 0. The Morgan fingerprint density at radius 1 is 1.47 bits per heavy atom. The Labute approximate surface area is 91.2 Å². The second-order valence-electron chi connectivity index (χ2n) is 4.75. The van der Waals surface area contributed by atoms with Gasteiger partial charge in [0.05, 0.1) is 6.04 Å². The van der Waals surface area contributed by atoms with E-state index in [0.717, 1.165) is 19.5 Å². The van der Waals surface area contributed by atoms with Crippen LogP contribution in [0.4, 0.5) is 0 Å². The molecule has 2 bridgehead atoms. The van der Waals surface area contributed by atoms with Crippen LogP contribution in [-0.4, -0.2) is 42.0 Å². The molecule has 2 aliphatic rings. The Bertz CT molecular complexity index is 232. The first-order chi connectivity index (χ1) is 7.20. The van der Waals surface area contributed by atoms with E-state index in [9.17, 15) is 4.79 Å². The normalized spacial score (nSPS) is 32.5. The van der Waals surface area contributed by atoms with Gasteiger partial charge in [-0.15, -0.1) is 0 Å². The largest absolute Gasteiger partial charge is 0.338 e. The Kier molecular flexibility index (Phi) is 3.26. The number of nitrogens with zero attached hydrogens (tertiary/aromatic N) is 1. The molecule has 0 saturated carbocycles. The van der Waals surface area contributed by atoms with Gasteiger partial charge in [-0.05, 0) is 19.3 Å². The number of hydrogen-bond donors (Lipinski definition) is 2. The fourth-order valence-corrected chi connectivity index (χ4v) is 2.59. The third-order valence-corrected chi connectivity index (χ3v) is 3.53. The van der Waals surface area contributed by atoms with Gasteiger partial charge in [0.25, 0.3) is 0 Å². The third kappa shape index (κ3) is 2.32. The molecule has 2 heterocycles. The highest BCUT2D eigenvalue weighted by Crippen LogP contribution is 2.19. The van der Waals surface area contributed by atoms with Crippen LogP contribution in [0.15, 0.2) is 0 Å². The number of nitrogens with one attached hydrogen (secondary N) is 1. The first-order valence-electron chi connectivity index (χ1n) is 6.01. The van der Waals surface area contributed by atoms with Crippen molar-refractivity contribution in [1.82, 2.24) is 10.2 Å². The summed E-state index contributed by atoms with van der Waals surface area (Å²) in [4.78, 5) is 13.9. The van der Waals surface area contributed by atoms with Gasteiger partial charge in [-0.3, -0.25) is 4.79 Å². The SMILES string of the molecule is CC[C@H](N)C(=O)N1CC2CCCC(C1)N2. The van der Waals surface area contributed by atoms with Crippen molar-refractivity contribution in [3.05, 3.63) is 0 Å². The van der Waals surface area contributed by atoms with E-state index in [1.807, 2.05) is 11.8 Å². The number of piperidine rings is 1. The van der Waals surface area contributed by atoms with Crippen LogP contribution in [0.3, 0.4) is 0 Å². The average molecular weight is 211 g/mol. The van der Waals surface area contributed by atoms with Crippen LogP contribution in [0.25, 0.3) is 0 Å². The fraction of sp³-hybridized carbons (Fsp3) is 0.909. The van der Waals surface area contributed by atoms with E-state index in [1.54, 1.807) is 0 Å². The van der Waals surface area contributed by atoms with Crippen molar-refractivity contribution in [3.8, 4) is 0 Å². The van der Waals surface area contributed by atoms with Crippen molar-refractivity contribution < 1.29 is 4.79 Å². The quantitative estimate of drug-likeness (QED) is 0.680. The predicted octanol–water partition coefficient (Wildman–Crippen LogP) is 0.0766. The molecule has 0 radical (unpaired) electrons. The zero-order valence-corrected chi connectivity index (χ0v) is 9.41. The van der Waals surface area contributed by atoms with E-state index in [4.69, 9.17) is 5.73 Å². The summed E-state index contributed by atoms with van der Waals surface area (Å²) in [5, 5.41) is 3.56. The molecule has 2 rings (SSSR count). The van der Waals surface area contributed by atoms with Crippen LogP contribution in [0.1, 0.15) is 32.6 Å². The molecule has 0 spiro atoms. The summed E-state index contributed by atoms with van der Waals surface area (Å²) in [5.74, 6) is 0.135. The number of amides is 1. The molecular formula is C11H21N3O. The fourth-order valence-electron chi connectivity index (χ4n) is 2.59. The maximum absolute atomic E-state index is 11.9. The minimum atomic E-state index is -0.302. The molecule has 1 amide bonds. The van der Waals surface area contributed by atoms with E-state index in [0.29, 0.717) is 12.1 Å². The smallest absolute Gasteiger partial charge is 0.239 e. The molecule has 0 aromatic carbocycles. The number of fused-ring (bicyclic) bond motifs is 2. The molecule has 2 aliphatic heterocycles. The number of piperazine rings is 1. The molecule has 0 aromatic heterocycles. The zero-order chi connectivity index (χ0) is 10.8. The molecule has 3 N–H and O–H groups in total. The molecule has 4 nitrogen and oxygen atoms in total. The van der Waals surface area contributed by atoms with E-state index >= 15 is 0 Å². The number of carbonyl (C=O) groups is 1. The minimum absolute atomic E-state index is 0.135. The zero-order valence-electron chi connectivity index (χ0n) is 9.41. The second-order valence-corrected chi connectivity index (χ2v) is 4.75. The highest BCUT2D eigenvalue weighted by atomic mass is 16.2. The van der Waals surface area contributed by atoms with Gasteiger partial charge in [0.1, 0.15) is 0 Å². The summed E-state index contributed by atoms with van der Waals surface area (Å²) in [6.45, 7) is 3.66. The molecule has 2 unspecified atom stereocenters. The standard InChI is InChI=1S/C11H21N3O/c1-2-10(12)11(15)14-6-8-4-3-5-9(7-14)13-8/h8-10,13H,2-7,12H2,1H3/t8?,9?,10-/m0/s1. The van der Waals surface area contributed by atoms with Crippen LogP contribution in [-0.2, 0) is 4.79 Å². The lowest BCUT2D eigenvalue weighted by molar-refractivity contribution is -0.135. The number of likely N-dealkylation sites (tertiary alicyclic amines) is 1. The van der Waals surface area contributed by atoms with E-state index in [-0.39, 0.29) is 11.9 Å². The van der Waals surface area contributed by atoms with Gasteiger partial charge >= 0.3 is 0 Å². The highest BCUT2D eigenvalue weighted by molar-refractivity contribution is 5.81. The van der Waals surface area contributed by atoms with Crippen molar-refractivity contribution in [1.29, 1.82) is 0 Å². The summed E-state index contributed by atoms with van der Waals surface area (Å²) in [5.41, 5.74) is 5.79. The topological polar surface area (TPSA) is 58.4 Å². The lowest BCUT2D eigenvalue weighted by atomic mass is 9.94. The van der Waals surface area contributed by atoms with Gasteiger partial charge in [0.2, 0.25) is 5.91 Å². The number of rotatable bonds is 2. The van der Waals surface area contributed by atoms with Gasteiger partial charge in [0.15, 0.2) is 0 Å². The van der Waals surface area contributed by atoms with Crippen LogP contribution >= 0.6 is 0 Å². The molecule has 3 atom stereocenters. The molecule has 0 aliphatic carbocycles. The molecule has 0 aromatic rings. The summed E-state index contributed by atoms with van der Waals surface area (Å²) in [7, 11) is 0. The Hall–Kier alpha value is -0.610. The van der Waals surface area contributed by atoms with Gasteiger partial charge < -0.3 is 16.0 Å². The molecule has 2 saturated heterocycles. The first-order valence-corrected chi connectivity index (χ1v) is 6.01. The van der Waals surface area contributed by atoms with Crippen LogP contribution in [0, 0.1) is 0 Å². The van der Waals surface area contributed by atoms with Gasteiger partial charge in [-0.1, -0.05) is 13.3 Å². The molecule has 15 heavy (non-hydrogen) atoms. The Morgan fingerprint density at radius 3 is 2.60 bits per heavy atom. The number of nitrogens with two attached hydrogens (primary N) is 1. The maximum Gasteiger partial charge on any atom is 0.239 e. The van der Waals surface area contributed by atoms with Crippen LogP contribution in [0.5, 0.6) is 0 Å². The van der Waals surface area contributed by atoms with Gasteiger partial charge in [-0.2, -0.15) is 0 Å². The van der Waals surface area contributed by atoms with E-state index in [2.05, 4.69) is 5.32 Å². The number of carbonyl (C=O) groups excluding carboxylic acids is 1. The van der Waals surface area contributed by atoms with Crippen molar-refractivity contribution in [2.24, 2.45) is 5.73 Å². The molecule has 86 valence electrons. The number of hydrogen-bond acceptors (Lipinski definition) is 3. The molecule has 2 fully saturated rings. The lowest BCUT2D eigenvalue weighted by Crippen LogP contribution is -2.61. The minimum Gasteiger partial charge on any atom is -0.338 e. The predicted molar refractivity (Wildman–Crippen MR) is 59.4 cm³/mol.